The normalized spacial score (nSPS) is 10.4. The summed E-state index contributed by atoms with van der Waals surface area (Å²) in [5.74, 6) is 0. The Hall–Kier alpha value is -1.75. The van der Waals surface area contributed by atoms with Gasteiger partial charge in [-0.3, -0.25) is 0 Å². The molecule has 0 spiro atoms. The van der Waals surface area contributed by atoms with Gasteiger partial charge in [0.1, 0.15) is 6.33 Å². The number of nitrogens with one attached hydrogen (secondary N) is 1. The van der Waals surface area contributed by atoms with Crippen molar-refractivity contribution in [2.75, 3.05) is 5.73 Å². The molecule has 2 rings (SSSR count). The summed E-state index contributed by atoms with van der Waals surface area (Å²) >= 11 is 5.81. The van der Waals surface area contributed by atoms with E-state index < -0.39 is 0 Å². The fourth-order valence-corrected chi connectivity index (χ4v) is 1.27. The van der Waals surface area contributed by atoms with Crippen LogP contribution < -0.4 is 11.4 Å². The van der Waals surface area contributed by atoms with Crippen molar-refractivity contribution in [2.45, 2.75) is 0 Å². The molecule has 0 unspecified atom stereocenters. The Morgan fingerprint density at radius 2 is 2.29 bits per heavy atom. The third-order valence-corrected chi connectivity index (χ3v) is 2.14. The largest absolute Gasteiger partial charge is 0.398 e. The topological polar surface area (TPSA) is 76.7 Å². The number of nitrogens with zero attached hydrogens (tertiary/aromatic N) is 2. The lowest BCUT2D eigenvalue weighted by atomic mass is 10.3. The van der Waals surface area contributed by atoms with E-state index in [9.17, 15) is 4.79 Å². The van der Waals surface area contributed by atoms with Crippen LogP contribution in [-0.4, -0.2) is 14.8 Å². The Bertz CT molecular complexity index is 516. The van der Waals surface area contributed by atoms with Crippen LogP contribution in [-0.2, 0) is 0 Å². The molecule has 2 aromatic rings. The van der Waals surface area contributed by atoms with Crippen LogP contribution >= 0.6 is 11.6 Å². The van der Waals surface area contributed by atoms with E-state index in [0.29, 0.717) is 16.4 Å². The van der Waals surface area contributed by atoms with Gasteiger partial charge in [-0.05, 0) is 18.2 Å². The van der Waals surface area contributed by atoms with Gasteiger partial charge in [0.2, 0.25) is 0 Å². The molecule has 0 radical (unpaired) electrons. The molecule has 14 heavy (non-hydrogen) atoms. The monoisotopic (exact) mass is 210 g/mol. The van der Waals surface area contributed by atoms with Gasteiger partial charge in [-0.15, -0.1) is 0 Å². The molecule has 0 bridgehead atoms. The quantitative estimate of drug-likeness (QED) is 0.684. The van der Waals surface area contributed by atoms with Gasteiger partial charge in [0, 0.05) is 0 Å². The van der Waals surface area contributed by atoms with Crippen LogP contribution in [0.5, 0.6) is 0 Å². The second-order valence-electron chi connectivity index (χ2n) is 2.74. The third kappa shape index (κ3) is 1.38. The van der Waals surface area contributed by atoms with Crippen LogP contribution in [0.15, 0.2) is 29.3 Å². The maximum absolute atomic E-state index is 11.2. The zero-order chi connectivity index (χ0) is 10.1. The lowest BCUT2D eigenvalue weighted by molar-refractivity contribution is 0.983. The minimum Gasteiger partial charge on any atom is -0.398 e. The highest BCUT2D eigenvalue weighted by molar-refractivity contribution is 6.33. The Labute approximate surface area is 84.1 Å². The number of anilines is 1. The number of aromatic nitrogens is 3. The van der Waals surface area contributed by atoms with Gasteiger partial charge in [-0.2, -0.15) is 5.10 Å². The molecule has 0 amide bonds. The zero-order valence-corrected chi connectivity index (χ0v) is 7.82. The summed E-state index contributed by atoms with van der Waals surface area (Å²) in [7, 11) is 0. The molecule has 1 aromatic carbocycles. The molecule has 6 heteroatoms. The highest BCUT2D eigenvalue weighted by Gasteiger charge is 2.02. The van der Waals surface area contributed by atoms with Crippen LogP contribution in [0.25, 0.3) is 5.69 Å². The fourth-order valence-electron chi connectivity index (χ4n) is 1.10. The molecule has 1 aromatic heterocycles. The maximum Gasteiger partial charge on any atom is 0.347 e. The first kappa shape index (κ1) is 8.83. The molecule has 0 saturated carbocycles. The van der Waals surface area contributed by atoms with Crippen molar-refractivity contribution in [3.8, 4) is 5.69 Å². The molecular formula is C8H7ClN4O. The Kier molecular flexibility index (Phi) is 2.01. The van der Waals surface area contributed by atoms with Crippen molar-refractivity contribution < 1.29 is 0 Å². The number of rotatable bonds is 1. The van der Waals surface area contributed by atoms with E-state index in [1.165, 1.54) is 10.9 Å². The van der Waals surface area contributed by atoms with Crippen molar-refractivity contribution in [3.63, 3.8) is 0 Å². The number of hydrogen-bond acceptors (Lipinski definition) is 3. The minimum absolute atomic E-state index is 0.314. The molecular weight excluding hydrogens is 204 g/mol. The molecule has 5 nitrogen and oxygen atoms in total. The molecule has 0 aliphatic rings. The molecule has 72 valence electrons. The SMILES string of the molecule is Nc1ccc(-n2cn[nH]c2=O)cc1Cl. The number of nitrogens with two attached hydrogens (primary N) is 1. The minimum atomic E-state index is -0.314. The smallest absolute Gasteiger partial charge is 0.347 e. The Balaban J connectivity index is 2.59. The summed E-state index contributed by atoms with van der Waals surface area (Å²) in [5, 5.41) is 6.30. The van der Waals surface area contributed by atoms with Crippen LogP contribution in [0.2, 0.25) is 5.02 Å². The molecule has 0 aliphatic carbocycles. The van der Waals surface area contributed by atoms with E-state index in [2.05, 4.69) is 10.2 Å². The molecule has 0 atom stereocenters. The molecule has 3 N–H and O–H groups in total. The van der Waals surface area contributed by atoms with Crippen LogP contribution in [0.4, 0.5) is 5.69 Å². The van der Waals surface area contributed by atoms with Gasteiger partial charge in [-0.1, -0.05) is 11.6 Å². The van der Waals surface area contributed by atoms with Crippen molar-refractivity contribution in [2.24, 2.45) is 0 Å². The predicted octanol–water partition coefficient (Wildman–Crippen LogP) is 0.796. The average Bonchev–Trinajstić information content (AvgIpc) is 2.57. The van der Waals surface area contributed by atoms with Crippen LogP contribution in [0.1, 0.15) is 0 Å². The number of nitrogen functional groups attached to an aromatic ring is 1. The fraction of sp³-hybridized carbons (Fsp3) is 0. The van der Waals surface area contributed by atoms with E-state index in [1.807, 2.05) is 0 Å². The predicted molar refractivity (Wildman–Crippen MR) is 53.6 cm³/mol. The van der Waals surface area contributed by atoms with E-state index in [4.69, 9.17) is 17.3 Å². The number of H-pyrrole nitrogens is 1. The summed E-state index contributed by atoms with van der Waals surface area (Å²) in [6, 6.07) is 4.93. The average molecular weight is 211 g/mol. The number of hydrogen-bond donors (Lipinski definition) is 2. The Morgan fingerprint density at radius 1 is 1.50 bits per heavy atom. The van der Waals surface area contributed by atoms with E-state index in [-0.39, 0.29) is 5.69 Å². The zero-order valence-electron chi connectivity index (χ0n) is 7.07. The van der Waals surface area contributed by atoms with Gasteiger partial charge >= 0.3 is 5.69 Å². The summed E-state index contributed by atoms with van der Waals surface area (Å²) in [4.78, 5) is 11.2. The lowest BCUT2D eigenvalue weighted by Gasteiger charge is -2.02. The molecule has 0 fully saturated rings. The van der Waals surface area contributed by atoms with Gasteiger partial charge in [0.05, 0.1) is 16.4 Å². The molecule has 0 aliphatic heterocycles. The summed E-state index contributed by atoms with van der Waals surface area (Å²) in [6.07, 6.45) is 1.38. The maximum atomic E-state index is 11.2. The number of halogens is 1. The molecule has 1 heterocycles. The molecule has 0 saturated heterocycles. The van der Waals surface area contributed by atoms with Crippen LogP contribution in [0, 0.1) is 0 Å². The van der Waals surface area contributed by atoms with E-state index >= 15 is 0 Å². The number of aromatic amines is 1. The second kappa shape index (κ2) is 3.19. The highest BCUT2D eigenvalue weighted by Crippen LogP contribution is 2.20. The number of benzene rings is 1. The van der Waals surface area contributed by atoms with Crippen LogP contribution in [0.3, 0.4) is 0 Å². The highest BCUT2D eigenvalue weighted by atomic mass is 35.5. The lowest BCUT2D eigenvalue weighted by Crippen LogP contribution is -2.14. The van der Waals surface area contributed by atoms with Gasteiger partial charge in [0.25, 0.3) is 0 Å². The van der Waals surface area contributed by atoms with Gasteiger partial charge < -0.3 is 5.73 Å². The van der Waals surface area contributed by atoms with Crippen molar-refractivity contribution >= 4 is 17.3 Å². The summed E-state index contributed by atoms with van der Waals surface area (Å²) in [6.45, 7) is 0. The van der Waals surface area contributed by atoms with Crippen molar-refractivity contribution in [3.05, 3.63) is 40.0 Å². The third-order valence-electron chi connectivity index (χ3n) is 1.81. The van der Waals surface area contributed by atoms with E-state index in [1.54, 1.807) is 18.2 Å². The van der Waals surface area contributed by atoms with E-state index in [0.717, 1.165) is 0 Å². The second-order valence-corrected chi connectivity index (χ2v) is 3.14. The van der Waals surface area contributed by atoms with Gasteiger partial charge in [-0.25, -0.2) is 14.5 Å². The first-order valence-electron chi connectivity index (χ1n) is 3.86. The van der Waals surface area contributed by atoms with Gasteiger partial charge in [0.15, 0.2) is 0 Å². The Morgan fingerprint density at radius 3 is 2.86 bits per heavy atom. The standard InChI is InChI=1S/C8H7ClN4O/c9-6-3-5(1-2-7(6)10)13-4-11-12-8(13)14/h1-4H,10H2,(H,12,14). The summed E-state index contributed by atoms with van der Waals surface area (Å²) in [5.41, 5.74) is 6.33. The first-order valence-corrected chi connectivity index (χ1v) is 4.23. The summed E-state index contributed by atoms with van der Waals surface area (Å²) < 4.78 is 1.34. The van der Waals surface area contributed by atoms with Crippen molar-refractivity contribution in [1.82, 2.24) is 14.8 Å². The first-order chi connectivity index (χ1) is 6.68. The van der Waals surface area contributed by atoms with Crippen molar-refractivity contribution in [1.29, 1.82) is 0 Å².